The predicted molar refractivity (Wildman–Crippen MR) is 78.1 cm³/mol. The predicted octanol–water partition coefficient (Wildman–Crippen LogP) is 2.82. The van der Waals surface area contributed by atoms with E-state index in [1.807, 2.05) is 12.1 Å². The Labute approximate surface area is 126 Å². The van der Waals surface area contributed by atoms with Crippen LogP contribution in [0.3, 0.4) is 0 Å². The lowest BCUT2D eigenvalue weighted by molar-refractivity contribution is 0.417. The van der Waals surface area contributed by atoms with Crippen LogP contribution in [0.4, 0.5) is 18.9 Å². The Kier molecular flexibility index (Phi) is 4.02. The zero-order chi connectivity index (χ0) is 15.7. The maximum atomic E-state index is 13.9. The van der Waals surface area contributed by atoms with Gasteiger partial charge in [0.1, 0.15) is 5.82 Å². The third-order valence-corrected chi connectivity index (χ3v) is 4.13. The first-order valence-corrected chi connectivity index (χ1v) is 7.11. The molecule has 1 fully saturated rings. The fourth-order valence-electron chi connectivity index (χ4n) is 2.98. The first-order chi connectivity index (χ1) is 10.6. The van der Waals surface area contributed by atoms with Crippen LogP contribution in [0.1, 0.15) is 17.9 Å². The van der Waals surface area contributed by atoms with Crippen molar-refractivity contribution in [2.24, 2.45) is 5.73 Å². The molecule has 2 aromatic rings. The molecule has 2 atom stereocenters. The number of benzene rings is 1. The second-order valence-corrected chi connectivity index (χ2v) is 5.50. The first kappa shape index (κ1) is 14.8. The maximum absolute atomic E-state index is 13.9. The number of piperidine rings is 1. The van der Waals surface area contributed by atoms with E-state index in [9.17, 15) is 13.2 Å². The number of hydrogen-bond donors (Lipinski definition) is 1. The minimum atomic E-state index is -1.18. The van der Waals surface area contributed by atoms with Crippen molar-refractivity contribution in [1.29, 1.82) is 0 Å². The van der Waals surface area contributed by atoms with Gasteiger partial charge in [0.05, 0.1) is 0 Å². The van der Waals surface area contributed by atoms with E-state index < -0.39 is 17.5 Å². The molecular weight excluding hydrogens is 291 g/mol. The minimum absolute atomic E-state index is 0.153. The molecule has 1 aliphatic heterocycles. The standard InChI is InChI=1S/C16H16F3N3/c17-13-8-15(19)14(18)7-12(13)11-3-6-22(9-16(11)20)10-1-4-21-5-2-10/h1-2,4-5,7-8,11,16H,3,6,9,20H2/t11-,16+/m1/s1. The lowest BCUT2D eigenvalue weighted by Gasteiger charge is -2.38. The van der Waals surface area contributed by atoms with Gasteiger partial charge in [-0.3, -0.25) is 4.98 Å². The lowest BCUT2D eigenvalue weighted by Crippen LogP contribution is -2.47. The maximum Gasteiger partial charge on any atom is 0.161 e. The van der Waals surface area contributed by atoms with E-state index in [1.54, 1.807) is 12.4 Å². The van der Waals surface area contributed by atoms with Crippen molar-refractivity contribution in [2.75, 3.05) is 18.0 Å². The van der Waals surface area contributed by atoms with E-state index in [4.69, 9.17) is 5.73 Å². The number of aromatic nitrogens is 1. The summed E-state index contributed by atoms with van der Waals surface area (Å²) in [5.74, 6) is -3.28. The molecule has 0 radical (unpaired) electrons. The van der Waals surface area contributed by atoms with E-state index >= 15 is 0 Å². The summed E-state index contributed by atoms with van der Waals surface area (Å²) in [6, 6.07) is 4.92. The average Bonchev–Trinajstić information content (AvgIpc) is 2.52. The Bertz CT molecular complexity index is 663. The molecule has 0 aliphatic carbocycles. The van der Waals surface area contributed by atoms with Crippen LogP contribution in [0.25, 0.3) is 0 Å². The van der Waals surface area contributed by atoms with Crippen LogP contribution in [0.15, 0.2) is 36.7 Å². The van der Waals surface area contributed by atoms with Gasteiger partial charge >= 0.3 is 0 Å². The quantitative estimate of drug-likeness (QED) is 0.868. The number of nitrogens with zero attached hydrogens (tertiary/aromatic N) is 2. The van der Waals surface area contributed by atoms with Crippen molar-refractivity contribution in [1.82, 2.24) is 4.98 Å². The van der Waals surface area contributed by atoms with Gasteiger partial charge in [0.2, 0.25) is 0 Å². The van der Waals surface area contributed by atoms with Crippen molar-refractivity contribution in [3.8, 4) is 0 Å². The zero-order valence-electron chi connectivity index (χ0n) is 11.8. The Hall–Kier alpha value is -2.08. The fourth-order valence-corrected chi connectivity index (χ4v) is 2.98. The Morgan fingerprint density at radius 1 is 1.05 bits per heavy atom. The van der Waals surface area contributed by atoms with Crippen LogP contribution < -0.4 is 10.6 Å². The van der Waals surface area contributed by atoms with Gasteiger partial charge in [0, 0.05) is 49.2 Å². The number of halogens is 3. The highest BCUT2D eigenvalue weighted by atomic mass is 19.2. The van der Waals surface area contributed by atoms with Crippen LogP contribution in [-0.4, -0.2) is 24.1 Å². The molecule has 1 aromatic carbocycles. The van der Waals surface area contributed by atoms with Crippen LogP contribution in [0.2, 0.25) is 0 Å². The molecule has 0 bridgehead atoms. The van der Waals surface area contributed by atoms with Gasteiger partial charge in [-0.1, -0.05) is 0 Å². The number of hydrogen-bond acceptors (Lipinski definition) is 3. The Morgan fingerprint density at radius 2 is 1.73 bits per heavy atom. The number of pyridine rings is 1. The highest BCUT2D eigenvalue weighted by Gasteiger charge is 2.30. The summed E-state index contributed by atoms with van der Waals surface area (Å²) in [7, 11) is 0. The van der Waals surface area contributed by atoms with Crippen LogP contribution in [0.5, 0.6) is 0 Å². The molecule has 0 unspecified atom stereocenters. The second kappa shape index (κ2) is 5.96. The third-order valence-electron chi connectivity index (χ3n) is 4.13. The highest BCUT2D eigenvalue weighted by molar-refractivity contribution is 5.46. The van der Waals surface area contributed by atoms with Gasteiger partial charge in [0.15, 0.2) is 11.6 Å². The van der Waals surface area contributed by atoms with Crippen molar-refractivity contribution in [3.05, 3.63) is 59.7 Å². The van der Waals surface area contributed by atoms with Crippen LogP contribution in [-0.2, 0) is 0 Å². The van der Waals surface area contributed by atoms with E-state index in [2.05, 4.69) is 9.88 Å². The first-order valence-electron chi connectivity index (χ1n) is 7.11. The molecule has 1 saturated heterocycles. The summed E-state index contributed by atoms with van der Waals surface area (Å²) >= 11 is 0. The van der Waals surface area contributed by atoms with Crippen LogP contribution >= 0.6 is 0 Å². The summed E-state index contributed by atoms with van der Waals surface area (Å²) in [6.07, 6.45) is 3.97. The summed E-state index contributed by atoms with van der Waals surface area (Å²) in [4.78, 5) is 6.05. The topological polar surface area (TPSA) is 42.1 Å². The van der Waals surface area contributed by atoms with E-state index in [0.717, 1.165) is 11.8 Å². The monoisotopic (exact) mass is 307 g/mol. The molecule has 0 spiro atoms. The molecule has 1 aliphatic rings. The molecule has 3 rings (SSSR count). The molecule has 6 heteroatoms. The molecule has 0 saturated carbocycles. The molecular formula is C16H16F3N3. The van der Waals surface area contributed by atoms with E-state index in [1.165, 1.54) is 0 Å². The van der Waals surface area contributed by atoms with Crippen molar-refractivity contribution < 1.29 is 13.2 Å². The Balaban J connectivity index is 1.80. The van der Waals surface area contributed by atoms with E-state index in [0.29, 0.717) is 25.6 Å². The molecule has 2 heterocycles. The summed E-state index contributed by atoms with van der Waals surface area (Å²) < 4.78 is 40.4. The molecule has 0 amide bonds. The molecule has 116 valence electrons. The largest absolute Gasteiger partial charge is 0.370 e. The Morgan fingerprint density at radius 3 is 2.41 bits per heavy atom. The normalized spacial score (nSPS) is 21.9. The highest BCUT2D eigenvalue weighted by Crippen LogP contribution is 2.32. The smallest absolute Gasteiger partial charge is 0.161 e. The van der Waals surface area contributed by atoms with Crippen molar-refractivity contribution in [2.45, 2.75) is 18.4 Å². The van der Waals surface area contributed by atoms with Gasteiger partial charge in [-0.2, -0.15) is 0 Å². The SMILES string of the molecule is N[C@H]1CN(c2ccncc2)CC[C@@H]1c1cc(F)c(F)cc1F. The van der Waals surface area contributed by atoms with E-state index in [-0.39, 0.29) is 17.5 Å². The molecule has 1 aromatic heterocycles. The third kappa shape index (κ3) is 2.78. The summed E-state index contributed by atoms with van der Waals surface area (Å²) in [5.41, 5.74) is 7.30. The van der Waals surface area contributed by atoms with Crippen LogP contribution in [0, 0.1) is 17.5 Å². The van der Waals surface area contributed by atoms with Gasteiger partial charge in [-0.05, 0) is 30.2 Å². The zero-order valence-corrected chi connectivity index (χ0v) is 11.8. The number of rotatable bonds is 2. The average molecular weight is 307 g/mol. The summed E-state index contributed by atoms with van der Waals surface area (Å²) in [5, 5.41) is 0. The second-order valence-electron chi connectivity index (χ2n) is 5.50. The van der Waals surface area contributed by atoms with Gasteiger partial charge < -0.3 is 10.6 Å². The van der Waals surface area contributed by atoms with Crippen molar-refractivity contribution in [3.63, 3.8) is 0 Å². The van der Waals surface area contributed by atoms with Gasteiger partial charge in [-0.15, -0.1) is 0 Å². The number of anilines is 1. The summed E-state index contributed by atoms with van der Waals surface area (Å²) in [6.45, 7) is 1.19. The fraction of sp³-hybridized carbons (Fsp3) is 0.312. The molecule has 22 heavy (non-hydrogen) atoms. The minimum Gasteiger partial charge on any atom is -0.370 e. The van der Waals surface area contributed by atoms with Gasteiger partial charge in [-0.25, -0.2) is 13.2 Å². The number of nitrogens with two attached hydrogens (primary N) is 1. The van der Waals surface area contributed by atoms with Crippen molar-refractivity contribution >= 4 is 5.69 Å². The van der Waals surface area contributed by atoms with Gasteiger partial charge in [0.25, 0.3) is 0 Å². The lowest BCUT2D eigenvalue weighted by atomic mass is 9.85. The molecule has 2 N–H and O–H groups in total. The molecule has 3 nitrogen and oxygen atoms in total.